The Kier molecular flexibility index (Phi) is 3.70. The van der Waals surface area contributed by atoms with Crippen LogP contribution in [0.2, 0.25) is 0 Å². The molecule has 3 rings (SSSR count). The van der Waals surface area contributed by atoms with E-state index in [2.05, 4.69) is 4.98 Å². The van der Waals surface area contributed by atoms with E-state index in [0.29, 0.717) is 28.8 Å². The van der Waals surface area contributed by atoms with Crippen molar-refractivity contribution in [2.45, 2.75) is 0 Å². The Labute approximate surface area is 128 Å². The molecule has 1 heterocycles. The summed E-state index contributed by atoms with van der Waals surface area (Å²) < 4.78 is 16.6. The minimum Gasteiger partial charge on any atom is -0.493 e. The Balaban J connectivity index is 2.07. The van der Waals surface area contributed by atoms with Crippen LogP contribution in [0, 0.1) is 0 Å². The quantitative estimate of drug-likeness (QED) is 0.745. The van der Waals surface area contributed by atoms with Crippen molar-refractivity contribution in [3.8, 4) is 34.3 Å². The molecule has 0 fully saturated rings. The average molecular weight is 296 g/mol. The summed E-state index contributed by atoms with van der Waals surface area (Å²) in [6.07, 6.45) is 1.65. The first-order chi connectivity index (χ1) is 10.7. The molecule has 0 aliphatic heterocycles. The molecule has 0 radical (unpaired) electrons. The number of para-hydroxylation sites is 2. The molecule has 0 aliphatic rings. The number of hydrogen-bond acceptors (Lipinski definition) is 5. The third-order valence-electron chi connectivity index (χ3n) is 3.37. The lowest BCUT2D eigenvalue weighted by Gasteiger charge is -2.10. The van der Waals surface area contributed by atoms with Crippen molar-refractivity contribution in [1.82, 2.24) is 4.98 Å². The standard InChI is InChI=1S/C17H16N2O3/c1-20-14-9-5-7-12(16(14)21-2)17-19-10-15(22-17)11-6-3-4-8-13(11)18/h3-10H,18H2,1-2H3. The maximum Gasteiger partial charge on any atom is 0.230 e. The first-order valence-electron chi connectivity index (χ1n) is 6.76. The number of hydrogen-bond donors (Lipinski definition) is 1. The van der Waals surface area contributed by atoms with Crippen LogP contribution in [0.1, 0.15) is 0 Å². The largest absolute Gasteiger partial charge is 0.493 e. The second kappa shape index (κ2) is 5.81. The van der Waals surface area contributed by atoms with E-state index in [4.69, 9.17) is 19.6 Å². The predicted octanol–water partition coefficient (Wildman–Crippen LogP) is 3.61. The number of rotatable bonds is 4. The predicted molar refractivity (Wildman–Crippen MR) is 84.9 cm³/mol. The van der Waals surface area contributed by atoms with Crippen molar-refractivity contribution in [1.29, 1.82) is 0 Å². The van der Waals surface area contributed by atoms with Gasteiger partial charge >= 0.3 is 0 Å². The van der Waals surface area contributed by atoms with Gasteiger partial charge in [-0.25, -0.2) is 4.98 Å². The third kappa shape index (κ3) is 2.37. The molecule has 112 valence electrons. The van der Waals surface area contributed by atoms with Gasteiger partial charge in [-0.1, -0.05) is 18.2 Å². The highest BCUT2D eigenvalue weighted by Crippen LogP contribution is 2.38. The number of benzene rings is 2. The highest BCUT2D eigenvalue weighted by Gasteiger charge is 2.17. The molecule has 0 amide bonds. The molecule has 22 heavy (non-hydrogen) atoms. The molecular formula is C17H16N2O3. The summed E-state index contributed by atoms with van der Waals surface area (Å²) in [5.74, 6) is 2.27. The van der Waals surface area contributed by atoms with Crippen molar-refractivity contribution in [2.24, 2.45) is 0 Å². The summed E-state index contributed by atoms with van der Waals surface area (Å²) in [6.45, 7) is 0. The van der Waals surface area contributed by atoms with Gasteiger partial charge in [0, 0.05) is 11.3 Å². The Bertz CT molecular complexity index is 796. The summed E-state index contributed by atoms with van der Waals surface area (Å²) in [7, 11) is 3.17. The van der Waals surface area contributed by atoms with E-state index >= 15 is 0 Å². The lowest BCUT2D eigenvalue weighted by atomic mass is 10.1. The van der Waals surface area contributed by atoms with Crippen LogP contribution in [0.3, 0.4) is 0 Å². The number of ether oxygens (including phenoxy) is 2. The zero-order valence-electron chi connectivity index (χ0n) is 12.4. The van der Waals surface area contributed by atoms with Crippen LogP contribution in [-0.4, -0.2) is 19.2 Å². The van der Waals surface area contributed by atoms with E-state index in [1.807, 2.05) is 42.5 Å². The van der Waals surface area contributed by atoms with Crippen molar-refractivity contribution in [2.75, 3.05) is 20.0 Å². The monoisotopic (exact) mass is 296 g/mol. The minimum atomic E-state index is 0.453. The summed E-state index contributed by atoms with van der Waals surface area (Å²) in [5, 5.41) is 0. The van der Waals surface area contributed by atoms with Gasteiger partial charge in [-0.3, -0.25) is 0 Å². The minimum absolute atomic E-state index is 0.453. The fraction of sp³-hybridized carbons (Fsp3) is 0.118. The smallest absolute Gasteiger partial charge is 0.230 e. The number of nitrogens with zero attached hydrogens (tertiary/aromatic N) is 1. The third-order valence-corrected chi connectivity index (χ3v) is 3.37. The molecule has 3 aromatic rings. The van der Waals surface area contributed by atoms with Crippen LogP contribution in [0.5, 0.6) is 11.5 Å². The number of nitrogens with two attached hydrogens (primary N) is 1. The number of oxazole rings is 1. The lowest BCUT2D eigenvalue weighted by Crippen LogP contribution is -1.93. The fourth-order valence-corrected chi connectivity index (χ4v) is 2.30. The SMILES string of the molecule is COc1cccc(-c2ncc(-c3ccccc3N)o2)c1OC. The van der Waals surface area contributed by atoms with E-state index in [9.17, 15) is 0 Å². The van der Waals surface area contributed by atoms with Crippen LogP contribution >= 0.6 is 0 Å². The summed E-state index contributed by atoms with van der Waals surface area (Å²) in [5.41, 5.74) is 8.14. The van der Waals surface area contributed by atoms with E-state index in [1.54, 1.807) is 20.4 Å². The maximum atomic E-state index is 5.97. The van der Waals surface area contributed by atoms with Gasteiger partial charge in [0.1, 0.15) is 0 Å². The normalized spacial score (nSPS) is 10.5. The number of aromatic nitrogens is 1. The molecule has 0 saturated heterocycles. The van der Waals surface area contributed by atoms with Gasteiger partial charge in [-0.05, 0) is 24.3 Å². The number of methoxy groups -OCH3 is 2. The summed E-state index contributed by atoms with van der Waals surface area (Å²) in [6, 6.07) is 13.0. The topological polar surface area (TPSA) is 70.5 Å². The van der Waals surface area contributed by atoms with Gasteiger partial charge in [-0.15, -0.1) is 0 Å². The van der Waals surface area contributed by atoms with Gasteiger partial charge in [0.05, 0.1) is 26.0 Å². The molecule has 2 aromatic carbocycles. The first kappa shape index (κ1) is 14.0. The molecule has 0 atom stereocenters. The van der Waals surface area contributed by atoms with Gasteiger partial charge in [0.25, 0.3) is 0 Å². The lowest BCUT2D eigenvalue weighted by molar-refractivity contribution is 0.355. The molecule has 0 aliphatic carbocycles. The molecule has 0 saturated carbocycles. The molecule has 0 spiro atoms. The maximum absolute atomic E-state index is 5.97. The van der Waals surface area contributed by atoms with Crippen molar-refractivity contribution < 1.29 is 13.9 Å². The zero-order chi connectivity index (χ0) is 15.5. The second-order valence-electron chi connectivity index (χ2n) is 4.66. The van der Waals surface area contributed by atoms with Gasteiger partial charge in [0.15, 0.2) is 17.3 Å². The Morgan fingerprint density at radius 2 is 1.73 bits per heavy atom. The average Bonchev–Trinajstić information content (AvgIpc) is 3.04. The van der Waals surface area contributed by atoms with Crippen LogP contribution in [0.15, 0.2) is 53.1 Å². The fourth-order valence-electron chi connectivity index (χ4n) is 2.30. The van der Waals surface area contributed by atoms with Crippen LogP contribution in [-0.2, 0) is 0 Å². The van der Waals surface area contributed by atoms with Crippen LogP contribution in [0.4, 0.5) is 5.69 Å². The molecule has 1 aromatic heterocycles. The summed E-state index contributed by atoms with van der Waals surface area (Å²) >= 11 is 0. The van der Waals surface area contributed by atoms with Gasteiger partial charge in [-0.2, -0.15) is 0 Å². The highest BCUT2D eigenvalue weighted by molar-refractivity contribution is 5.74. The Morgan fingerprint density at radius 3 is 2.45 bits per heavy atom. The molecule has 2 N–H and O–H groups in total. The Morgan fingerprint density at radius 1 is 0.955 bits per heavy atom. The van der Waals surface area contributed by atoms with E-state index in [-0.39, 0.29) is 0 Å². The first-order valence-corrected chi connectivity index (χ1v) is 6.76. The Hall–Kier alpha value is -2.95. The number of nitrogen functional groups attached to an aromatic ring is 1. The highest BCUT2D eigenvalue weighted by atomic mass is 16.5. The number of anilines is 1. The van der Waals surface area contributed by atoms with E-state index < -0.39 is 0 Å². The van der Waals surface area contributed by atoms with Gasteiger partial charge in [0.2, 0.25) is 5.89 Å². The van der Waals surface area contributed by atoms with Crippen LogP contribution < -0.4 is 15.2 Å². The second-order valence-corrected chi connectivity index (χ2v) is 4.66. The van der Waals surface area contributed by atoms with E-state index in [0.717, 1.165) is 11.1 Å². The van der Waals surface area contributed by atoms with Gasteiger partial charge < -0.3 is 19.6 Å². The van der Waals surface area contributed by atoms with Crippen LogP contribution in [0.25, 0.3) is 22.8 Å². The zero-order valence-corrected chi connectivity index (χ0v) is 12.4. The molecule has 5 nitrogen and oxygen atoms in total. The van der Waals surface area contributed by atoms with E-state index in [1.165, 1.54) is 0 Å². The molecular weight excluding hydrogens is 280 g/mol. The molecule has 0 unspecified atom stereocenters. The molecule has 0 bridgehead atoms. The summed E-state index contributed by atoms with van der Waals surface area (Å²) in [4.78, 5) is 4.33. The van der Waals surface area contributed by atoms with Crippen molar-refractivity contribution in [3.63, 3.8) is 0 Å². The van der Waals surface area contributed by atoms with Crippen molar-refractivity contribution in [3.05, 3.63) is 48.7 Å². The van der Waals surface area contributed by atoms with Crippen molar-refractivity contribution >= 4 is 5.69 Å². The molecule has 5 heteroatoms.